The molecule has 2 amide bonds. The summed E-state index contributed by atoms with van der Waals surface area (Å²) in [4.78, 5) is 40.2. The van der Waals surface area contributed by atoms with Gasteiger partial charge < -0.3 is 14.4 Å². The fourth-order valence-electron chi connectivity index (χ4n) is 3.21. The van der Waals surface area contributed by atoms with Crippen LogP contribution in [0, 0.1) is 6.92 Å². The van der Waals surface area contributed by atoms with Crippen LogP contribution in [-0.4, -0.2) is 40.4 Å². The fourth-order valence-corrected chi connectivity index (χ4v) is 3.21. The quantitative estimate of drug-likeness (QED) is 0.770. The first-order chi connectivity index (χ1) is 14.1. The van der Waals surface area contributed by atoms with E-state index in [1.54, 1.807) is 34.6 Å². The Bertz CT molecular complexity index is 1010. The highest BCUT2D eigenvalue weighted by Gasteiger charge is 2.37. The zero-order chi connectivity index (χ0) is 22.1. The Morgan fingerprint density at radius 3 is 2.40 bits per heavy atom. The molecule has 1 aliphatic heterocycles. The molecule has 1 aromatic heterocycles. The molecule has 0 saturated heterocycles. The van der Waals surface area contributed by atoms with E-state index >= 15 is 0 Å². The molecule has 0 spiro atoms. The molecule has 8 nitrogen and oxygen atoms in total. The summed E-state index contributed by atoms with van der Waals surface area (Å²) in [7, 11) is 0. The Balaban J connectivity index is 2.09. The van der Waals surface area contributed by atoms with E-state index in [9.17, 15) is 14.4 Å². The number of amides is 2. The summed E-state index contributed by atoms with van der Waals surface area (Å²) in [5.74, 6) is -0.456. The van der Waals surface area contributed by atoms with Gasteiger partial charge in [0.15, 0.2) is 11.4 Å². The highest BCUT2D eigenvalue weighted by molar-refractivity contribution is 5.98. The van der Waals surface area contributed by atoms with Crippen LogP contribution in [0.5, 0.6) is 5.75 Å². The van der Waals surface area contributed by atoms with Crippen LogP contribution in [0.1, 0.15) is 49.4 Å². The Morgan fingerprint density at radius 1 is 1.13 bits per heavy atom. The third-order valence-electron chi connectivity index (χ3n) is 4.57. The van der Waals surface area contributed by atoms with Crippen molar-refractivity contribution in [1.82, 2.24) is 9.58 Å². The van der Waals surface area contributed by atoms with Crippen molar-refractivity contribution >= 4 is 12.0 Å². The lowest BCUT2D eigenvalue weighted by atomic mass is 10.2. The van der Waals surface area contributed by atoms with Crippen molar-refractivity contribution < 1.29 is 19.1 Å². The summed E-state index contributed by atoms with van der Waals surface area (Å²) in [5, 5.41) is 1.32. The van der Waals surface area contributed by atoms with E-state index < -0.39 is 17.1 Å². The van der Waals surface area contributed by atoms with E-state index in [-0.39, 0.29) is 30.6 Å². The molecule has 2 heterocycles. The second kappa shape index (κ2) is 8.22. The lowest BCUT2D eigenvalue weighted by Crippen LogP contribution is -2.58. The van der Waals surface area contributed by atoms with Gasteiger partial charge in [0.1, 0.15) is 18.9 Å². The average Bonchev–Trinajstić information content (AvgIpc) is 2.67. The summed E-state index contributed by atoms with van der Waals surface area (Å²) in [6, 6.07) is 10.7. The van der Waals surface area contributed by atoms with Gasteiger partial charge in [-0.3, -0.25) is 9.59 Å². The molecule has 0 aliphatic carbocycles. The Labute approximate surface area is 175 Å². The monoisotopic (exact) mass is 413 g/mol. The Hall–Kier alpha value is -3.29. The number of carbonyl (C=O) groups is 2. The van der Waals surface area contributed by atoms with Gasteiger partial charge in [0.2, 0.25) is 5.43 Å². The van der Waals surface area contributed by atoms with Crippen molar-refractivity contribution in [2.45, 2.75) is 46.8 Å². The molecule has 30 heavy (non-hydrogen) atoms. The topological polar surface area (TPSA) is 81.1 Å². The first-order valence-corrected chi connectivity index (χ1v) is 9.86. The number of benzene rings is 1. The summed E-state index contributed by atoms with van der Waals surface area (Å²) in [6.45, 7) is 9.27. The number of pyridine rings is 1. The van der Waals surface area contributed by atoms with E-state index in [0.29, 0.717) is 12.2 Å². The van der Waals surface area contributed by atoms with E-state index in [1.807, 2.05) is 30.3 Å². The number of hydrogen-bond acceptors (Lipinski definition) is 5. The van der Waals surface area contributed by atoms with Crippen molar-refractivity contribution in [2.24, 2.45) is 0 Å². The molecule has 0 unspecified atom stereocenters. The maximum atomic E-state index is 13.1. The van der Waals surface area contributed by atoms with Gasteiger partial charge >= 0.3 is 6.09 Å². The van der Waals surface area contributed by atoms with E-state index in [1.165, 1.54) is 20.7 Å². The van der Waals surface area contributed by atoms with E-state index in [4.69, 9.17) is 9.47 Å². The van der Waals surface area contributed by atoms with Crippen molar-refractivity contribution in [2.75, 3.05) is 18.2 Å². The van der Waals surface area contributed by atoms with E-state index in [2.05, 4.69) is 0 Å². The van der Waals surface area contributed by atoms with Crippen LogP contribution in [0.4, 0.5) is 4.79 Å². The maximum absolute atomic E-state index is 13.1. The molecule has 0 radical (unpaired) electrons. The molecule has 0 fully saturated rings. The van der Waals surface area contributed by atoms with Crippen LogP contribution in [0.15, 0.2) is 41.2 Å². The minimum Gasteiger partial charge on any atom is -0.482 e. The number of carbonyl (C=O) groups excluding carboxylic acids is 2. The summed E-state index contributed by atoms with van der Waals surface area (Å²) < 4.78 is 12.8. The number of ether oxygens (including phenoxy) is 2. The third kappa shape index (κ3) is 4.32. The molecule has 0 bridgehead atoms. The van der Waals surface area contributed by atoms with Gasteiger partial charge in [0.25, 0.3) is 5.91 Å². The molecule has 8 heteroatoms. The normalized spacial score (nSPS) is 13.8. The van der Waals surface area contributed by atoms with Crippen molar-refractivity contribution in [1.29, 1.82) is 0 Å². The standard InChI is InChI=1S/C22H27N3O5/c1-6-23-14-24(21(28)30-22(3,4)5)25-15(2)12-17(26)19(18(25)20(23)27)29-13-16-10-8-7-9-11-16/h7-12H,6,13-14H2,1-5H3. The molecule has 0 N–H and O–H groups in total. The predicted molar refractivity (Wildman–Crippen MR) is 112 cm³/mol. The Morgan fingerprint density at radius 2 is 1.80 bits per heavy atom. The van der Waals surface area contributed by atoms with Crippen LogP contribution in [0.2, 0.25) is 0 Å². The van der Waals surface area contributed by atoms with Gasteiger partial charge in [0, 0.05) is 18.3 Å². The molecular formula is C22H27N3O5. The van der Waals surface area contributed by atoms with Crippen molar-refractivity contribution in [3.8, 4) is 5.75 Å². The number of aromatic nitrogens is 1. The Kier molecular flexibility index (Phi) is 5.87. The van der Waals surface area contributed by atoms with Crippen LogP contribution < -0.4 is 15.2 Å². The molecule has 0 atom stereocenters. The lowest BCUT2D eigenvalue weighted by molar-refractivity contribution is 0.0452. The van der Waals surface area contributed by atoms with Crippen molar-refractivity contribution in [3.05, 3.63) is 63.6 Å². The molecule has 0 saturated carbocycles. The number of hydrogen-bond donors (Lipinski definition) is 0. The second-order valence-corrected chi connectivity index (χ2v) is 8.10. The molecular weight excluding hydrogens is 386 g/mol. The number of fused-ring (bicyclic) bond motifs is 1. The van der Waals surface area contributed by atoms with Gasteiger partial charge in [-0.15, -0.1) is 0 Å². The second-order valence-electron chi connectivity index (χ2n) is 8.10. The molecule has 1 aliphatic rings. The largest absolute Gasteiger partial charge is 0.482 e. The molecule has 160 valence electrons. The highest BCUT2D eigenvalue weighted by atomic mass is 16.6. The smallest absolute Gasteiger partial charge is 0.431 e. The minimum absolute atomic E-state index is 0.0130. The summed E-state index contributed by atoms with van der Waals surface area (Å²) in [6.07, 6.45) is -0.615. The van der Waals surface area contributed by atoms with Crippen LogP contribution in [-0.2, 0) is 11.3 Å². The van der Waals surface area contributed by atoms with Crippen LogP contribution >= 0.6 is 0 Å². The summed E-state index contributed by atoms with van der Waals surface area (Å²) in [5.41, 5.74) is 0.197. The zero-order valence-corrected chi connectivity index (χ0v) is 18.0. The highest BCUT2D eigenvalue weighted by Crippen LogP contribution is 2.25. The number of aryl methyl sites for hydroxylation is 1. The molecule has 3 rings (SSSR count). The van der Waals surface area contributed by atoms with Gasteiger partial charge in [-0.2, -0.15) is 5.01 Å². The lowest BCUT2D eigenvalue weighted by Gasteiger charge is -2.39. The first-order valence-electron chi connectivity index (χ1n) is 9.86. The summed E-state index contributed by atoms with van der Waals surface area (Å²) >= 11 is 0. The zero-order valence-electron chi connectivity index (χ0n) is 18.0. The van der Waals surface area contributed by atoms with Gasteiger partial charge in [-0.1, -0.05) is 30.3 Å². The SMILES string of the molecule is CCN1CN(C(=O)OC(C)(C)C)n2c(C)cc(=O)c(OCc3ccccc3)c2C1=O. The first kappa shape index (κ1) is 21.4. The van der Waals surface area contributed by atoms with Crippen molar-refractivity contribution in [3.63, 3.8) is 0 Å². The minimum atomic E-state index is -0.713. The van der Waals surface area contributed by atoms with Gasteiger partial charge in [0.05, 0.1) is 0 Å². The van der Waals surface area contributed by atoms with Gasteiger partial charge in [-0.05, 0) is 40.2 Å². The van der Waals surface area contributed by atoms with E-state index in [0.717, 1.165) is 5.56 Å². The van der Waals surface area contributed by atoms with Crippen LogP contribution in [0.25, 0.3) is 0 Å². The number of rotatable bonds is 4. The molecule has 1 aromatic carbocycles. The third-order valence-corrected chi connectivity index (χ3v) is 4.57. The maximum Gasteiger partial charge on any atom is 0.431 e. The fraction of sp³-hybridized carbons (Fsp3) is 0.409. The number of nitrogens with zero attached hydrogens (tertiary/aromatic N) is 3. The molecule has 2 aromatic rings. The van der Waals surface area contributed by atoms with Gasteiger partial charge in [-0.25, -0.2) is 9.47 Å². The predicted octanol–water partition coefficient (Wildman–Crippen LogP) is 3.04. The average molecular weight is 413 g/mol. The van der Waals surface area contributed by atoms with Crippen LogP contribution in [0.3, 0.4) is 0 Å².